The minimum atomic E-state index is -4.85. The van der Waals surface area contributed by atoms with E-state index in [4.69, 9.17) is 4.74 Å². The molecular weight excluding hydrogens is 457 g/mol. The lowest BCUT2D eigenvalue weighted by Gasteiger charge is -2.21. The summed E-state index contributed by atoms with van der Waals surface area (Å²) in [7, 11) is 0. The van der Waals surface area contributed by atoms with Gasteiger partial charge in [-0.1, -0.05) is 12.1 Å². The van der Waals surface area contributed by atoms with E-state index in [0.717, 1.165) is 12.1 Å². The number of nitro benzene ring substituents is 1. The van der Waals surface area contributed by atoms with Crippen molar-refractivity contribution < 1.29 is 49.9 Å². The fourth-order valence-electron chi connectivity index (χ4n) is 2.25. The molecule has 174 valence electrons. The van der Waals surface area contributed by atoms with E-state index in [2.05, 4.69) is 10.1 Å². The first kappa shape index (κ1) is 24.7. The predicted molar refractivity (Wildman–Crippen MR) is 95.1 cm³/mol. The quantitative estimate of drug-likeness (QED) is 0.320. The van der Waals surface area contributed by atoms with Crippen molar-refractivity contribution in [2.75, 3.05) is 18.6 Å². The third-order valence-corrected chi connectivity index (χ3v) is 3.75. The Kier molecular flexibility index (Phi) is 7.48. The summed E-state index contributed by atoms with van der Waals surface area (Å²) in [6.07, 6.45) is -12.7. The fourth-order valence-corrected chi connectivity index (χ4v) is 2.25. The third kappa shape index (κ3) is 6.21. The van der Waals surface area contributed by atoms with Gasteiger partial charge in [0.2, 0.25) is 6.17 Å². The highest BCUT2D eigenvalue weighted by atomic mass is 19.4. The van der Waals surface area contributed by atoms with Crippen molar-refractivity contribution in [3.05, 3.63) is 58.1 Å². The lowest BCUT2D eigenvalue weighted by atomic mass is 10.2. The molecule has 1 amide bonds. The number of halogens is 7. The van der Waals surface area contributed by atoms with Crippen LogP contribution in [-0.2, 0) is 11.0 Å². The van der Waals surface area contributed by atoms with Crippen molar-refractivity contribution in [3.63, 3.8) is 0 Å². The first-order valence-corrected chi connectivity index (χ1v) is 8.49. The Hall–Kier alpha value is -3.58. The van der Waals surface area contributed by atoms with Crippen molar-refractivity contribution in [2.24, 2.45) is 0 Å². The summed E-state index contributed by atoms with van der Waals surface area (Å²) in [4.78, 5) is 21.9. The number of nitrogens with one attached hydrogen (secondary N) is 1. The second-order valence-electron chi connectivity index (χ2n) is 6.06. The van der Waals surface area contributed by atoms with E-state index < -0.39 is 71.0 Å². The lowest BCUT2D eigenvalue weighted by Crippen LogP contribution is -2.38. The van der Waals surface area contributed by atoms with Crippen LogP contribution in [0.2, 0.25) is 0 Å². The Balaban J connectivity index is 2.12. The number of anilines is 1. The molecule has 2 aromatic carbocycles. The molecule has 0 spiro atoms. The van der Waals surface area contributed by atoms with Crippen LogP contribution in [0.3, 0.4) is 0 Å². The molecule has 0 radical (unpaired) electrons. The highest BCUT2D eigenvalue weighted by Gasteiger charge is 2.44. The van der Waals surface area contributed by atoms with Crippen LogP contribution in [0.1, 0.15) is 5.56 Å². The van der Waals surface area contributed by atoms with E-state index in [9.17, 15) is 45.6 Å². The number of rotatable bonds is 9. The SMILES string of the molecule is O=C(COc1ccc(C(F)(F)F)cc1[N+](=O)[O-])Nc1ccccc1OC(F)(F)[C@@H](F)CF. The summed E-state index contributed by atoms with van der Waals surface area (Å²) in [5.74, 6) is -2.44. The normalized spacial score (nSPS) is 12.7. The van der Waals surface area contributed by atoms with Crippen LogP contribution in [0.4, 0.5) is 42.1 Å². The molecule has 1 atom stereocenters. The van der Waals surface area contributed by atoms with Gasteiger partial charge in [-0.2, -0.15) is 22.0 Å². The summed E-state index contributed by atoms with van der Waals surface area (Å²) in [5, 5.41) is 13.1. The van der Waals surface area contributed by atoms with Crippen molar-refractivity contribution >= 4 is 17.3 Å². The zero-order chi connectivity index (χ0) is 24.1. The van der Waals surface area contributed by atoms with Gasteiger partial charge in [-0.25, -0.2) is 8.78 Å². The molecule has 0 fully saturated rings. The summed E-state index contributed by atoms with van der Waals surface area (Å²) in [6.45, 7) is -2.99. The maximum absolute atomic E-state index is 13.5. The average Bonchev–Trinajstić information content (AvgIpc) is 2.71. The summed E-state index contributed by atoms with van der Waals surface area (Å²) in [6, 6.07) is 5.85. The van der Waals surface area contributed by atoms with Gasteiger partial charge in [0, 0.05) is 6.07 Å². The minimum absolute atomic E-state index is 0.219. The number of para-hydroxylation sites is 2. The van der Waals surface area contributed by atoms with E-state index in [1.807, 2.05) is 0 Å². The van der Waals surface area contributed by atoms with E-state index in [-0.39, 0.29) is 6.07 Å². The highest BCUT2D eigenvalue weighted by molar-refractivity contribution is 5.93. The molecule has 2 rings (SSSR count). The average molecular weight is 470 g/mol. The topological polar surface area (TPSA) is 90.7 Å². The first-order valence-electron chi connectivity index (χ1n) is 8.49. The van der Waals surface area contributed by atoms with E-state index in [1.54, 1.807) is 0 Å². The van der Waals surface area contributed by atoms with Crippen molar-refractivity contribution in [1.82, 2.24) is 0 Å². The van der Waals surface area contributed by atoms with Crippen LogP contribution in [0.15, 0.2) is 42.5 Å². The first-order chi connectivity index (χ1) is 14.8. The molecule has 14 heteroatoms. The van der Waals surface area contributed by atoms with Gasteiger partial charge in [0.25, 0.3) is 5.91 Å². The van der Waals surface area contributed by atoms with Gasteiger partial charge in [0.1, 0.15) is 12.4 Å². The van der Waals surface area contributed by atoms with E-state index in [0.29, 0.717) is 12.1 Å². The maximum Gasteiger partial charge on any atom is 0.432 e. The summed E-state index contributed by atoms with van der Waals surface area (Å²) < 4.78 is 99.4. The van der Waals surface area contributed by atoms with E-state index >= 15 is 0 Å². The van der Waals surface area contributed by atoms with E-state index in [1.165, 1.54) is 12.1 Å². The van der Waals surface area contributed by atoms with Crippen molar-refractivity contribution in [1.29, 1.82) is 0 Å². The summed E-state index contributed by atoms with van der Waals surface area (Å²) in [5.41, 5.74) is -2.77. The molecule has 1 N–H and O–H groups in total. The van der Waals surface area contributed by atoms with Gasteiger partial charge in [-0.3, -0.25) is 14.9 Å². The Labute approximate surface area is 174 Å². The number of carbonyl (C=O) groups excluding carboxylic acids is 1. The van der Waals surface area contributed by atoms with Crippen LogP contribution in [-0.4, -0.2) is 36.4 Å². The number of amides is 1. The van der Waals surface area contributed by atoms with Gasteiger partial charge < -0.3 is 14.8 Å². The molecule has 32 heavy (non-hydrogen) atoms. The number of carbonyl (C=O) groups is 1. The Morgan fingerprint density at radius 2 is 1.75 bits per heavy atom. The Morgan fingerprint density at radius 1 is 1.09 bits per heavy atom. The Morgan fingerprint density at radius 3 is 2.34 bits per heavy atom. The fraction of sp³-hybridized carbons (Fsp3) is 0.278. The molecule has 0 aromatic heterocycles. The number of nitro groups is 1. The largest absolute Gasteiger partial charge is 0.477 e. The molecule has 0 aliphatic heterocycles. The van der Waals surface area contributed by atoms with Gasteiger partial charge in [0.15, 0.2) is 12.4 Å². The third-order valence-electron chi connectivity index (χ3n) is 3.75. The number of hydrogen-bond donors (Lipinski definition) is 1. The maximum atomic E-state index is 13.5. The molecule has 0 unspecified atom stereocenters. The van der Waals surface area contributed by atoms with Crippen LogP contribution in [0.25, 0.3) is 0 Å². The molecule has 7 nitrogen and oxygen atoms in total. The van der Waals surface area contributed by atoms with Gasteiger partial charge >= 0.3 is 18.0 Å². The zero-order valence-electron chi connectivity index (χ0n) is 15.7. The zero-order valence-corrected chi connectivity index (χ0v) is 15.7. The number of alkyl halides is 7. The monoisotopic (exact) mass is 470 g/mol. The van der Waals surface area contributed by atoms with Gasteiger partial charge in [0.05, 0.1) is 16.2 Å². The van der Waals surface area contributed by atoms with Gasteiger partial charge in [-0.15, -0.1) is 0 Å². The molecule has 0 aliphatic rings. The molecule has 0 saturated carbocycles. The molecule has 2 aromatic rings. The smallest absolute Gasteiger partial charge is 0.432 e. The predicted octanol–water partition coefficient (Wildman–Crippen LogP) is 4.91. The van der Waals surface area contributed by atoms with Crippen LogP contribution >= 0.6 is 0 Å². The van der Waals surface area contributed by atoms with Crippen molar-refractivity contribution in [2.45, 2.75) is 18.5 Å². The molecule has 0 aliphatic carbocycles. The second kappa shape index (κ2) is 9.70. The number of hydrogen-bond acceptors (Lipinski definition) is 5. The molecular formula is C18H13F7N2O5. The standard InChI is InChI=1S/C18H13F7N2O5/c19-8-15(20)18(24,25)32-13-4-2-1-3-11(13)26-16(28)9-31-14-6-5-10(17(21,22)23)7-12(14)27(29)30/h1-7,15H,8-9H2,(H,26,28)/t15-/m0/s1. The van der Waals surface area contributed by atoms with Crippen LogP contribution < -0.4 is 14.8 Å². The summed E-state index contributed by atoms with van der Waals surface area (Å²) >= 11 is 0. The number of nitrogens with zero attached hydrogens (tertiary/aromatic N) is 1. The molecule has 0 bridgehead atoms. The van der Waals surface area contributed by atoms with Crippen LogP contribution in [0, 0.1) is 10.1 Å². The number of benzene rings is 2. The second-order valence-corrected chi connectivity index (χ2v) is 6.06. The van der Waals surface area contributed by atoms with Crippen molar-refractivity contribution in [3.8, 4) is 11.5 Å². The Bertz CT molecular complexity index is 984. The highest BCUT2D eigenvalue weighted by Crippen LogP contribution is 2.36. The number of ether oxygens (including phenoxy) is 2. The molecule has 0 heterocycles. The minimum Gasteiger partial charge on any atom is -0.477 e. The lowest BCUT2D eigenvalue weighted by molar-refractivity contribution is -0.386. The molecule has 0 saturated heterocycles. The van der Waals surface area contributed by atoms with Gasteiger partial charge in [-0.05, 0) is 24.3 Å². The van der Waals surface area contributed by atoms with Crippen LogP contribution in [0.5, 0.6) is 11.5 Å².